The number of anilines is 3. The third-order valence-electron chi connectivity index (χ3n) is 7.15. The zero-order valence-electron chi connectivity index (χ0n) is 20.4. The fraction of sp³-hybridized carbons (Fsp3) is 0.0938. The molecular weight excluding hydrogens is 459 g/mol. The van der Waals surface area contributed by atoms with Crippen LogP contribution in [-0.2, 0) is 9.98 Å². The van der Waals surface area contributed by atoms with E-state index < -0.39 is 7.14 Å². The molecule has 176 valence electrons. The van der Waals surface area contributed by atoms with Crippen LogP contribution in [0.25, 0.3) is 0 Å². The summed E-state index contributed by atoms with van der Waals surface area (Å²) in [6.45, 7) is 4.54. The van der Waals surface area contributed by atoms with E-state index in [0.29, 0.717) is 5.44 Å². The highest BCUT2D eigenvalue weighted by Crippen LogP contribution is 2.51. The second-order valence-corrected chi connectivity index (χ2v) is 12.3. The quantitative estimate of drug-likeness (QED) is 0.261. The minimum Gasteiger partial charge on any atom is -0.307 e. The summed E-state index contributed by atoms with van der Waals surface area (Å²) in [5.41, 5.74) is 5.11. The number of hydrogen-bond acceptors (Lipinski definition) is 3. The van der Waals surface area contributed by atoms with E-state index >= 15 is 0 Å². The number of fused-ring (bicyclic) bond motifs is 2. The van der Waals surface area contributed by atoms with Crippen molar-refractivity contribution in [2.24, 2.45) is 0 Å². The molecule has 0 aliphatic carbocycles. The van der Waals surface area contributed by atoms with Gasteiger partial charge in [0.25, 0.3) is 0 Å². The topological polar surface area (TPSA) is 33.2 Å². The van der Waals surface area contributed by atoms with Gasteiger partial charge in [-0.25, -0.2) is 4.98 Å². The van der Waals surface area contributed by atoms with Gasteiger partial charge in [-0.15, -0.1) is 0 Å². The van der Waals surface area contributed by atoms with E-state index in [-0.39, 0.29) is 5.41 Å². The van der Waals surface area contributed by atoms with Crippen molar-refractivity contribution in [1.29, 1.82) is 0 Å². The monoisotopic (exact) mass is 486 g/mol. The first kappa shape index (κ1) is 22.5. The van der Waals surface area contributed by atoms with Crippen molar-refractivity contribution in [2.45, 2.75) is 19.3 Å². The molecule has 0 bridgehead atoms. The molecule has 0 amide bonds. The molecule has 2 heterocycles. The Bertz CT molecular complexity index is 1500. The number of hydrogen-bond donors (Lipinski definition) is 0. The molecule has 0 atom stereocenters. The van der Waals surface area contributed by atoms with Crippen LogP contribution >= 0.6 is 7.14 Å². The van der Waals surface area contributed by atoms with E-state index in [1.807, 2.05) is 78.9 Å². The minimum absolute atomic E-state index is 0.148. The van der Waals surface area contributed by atoms with Gasteiger partial charge in [0.1, 0.15) is 11.3 Å². The average molecular weight is 487 g/mol. The van der Waals surface area contributed by atoms with Gasteiger partial charge in [0.05, 0.1) is 11.4 Å². The summed E-state index contributed by atoms with van der Waals surface area (Å²) in [4.78, 5) is 7.34. The van der Waals surface area contributed by atoms with Gasteiger partial charge in [-0.1, -0.05) is 117 Å². The van der Waals surface area contributed by atoms with Gasteiger partial charge in [-0.05, 0) is 35.4 Å². The molecule has 3 nitrogen and oxygen atoms in total. The summed E-state index contributed by atoms with van der Waals surface area (Å²) in [5.74, 6) is 0.759. The van der Waals surface area contributed by atoms with Gasteiger partial charge in [0.2, 0.25) is 0 Å². The van der Waals surface area contributed by atoms with Crippen LogP contribution in [0.5, 0.6) is 0 Å². The standard InChI is InChI=1S/C32H27N2OP/c1-32(2)26-18-9-11-20-28(26)34(29-21-12-10-19-27(29)32)30-22-13-23-31(33-30)36(35,24-14-5-3-6-15-24)25-16-7-4-8-17-25/h3-23H,1-2H3. The van der Waals surface area contributed by atoms with Crippen LogP contribution < -0.4 is 20.9 Å². The van der Waals surface area contributed by atoms with Crippen molar-refractivity contribution in [3.63, 3.8) is 0 Å². The van der Waals surface area contributed by atoms with Crippen molar-refractivity contribution in [3.05, 3.63) is 139 Å². The summed E-state index contributed by atoms with van der Waals surface area (Å²) < 4.78 is 15.0. The number of benzene rings is 4. The highest BCUT2D eigenvalue weighted by atomic mass is 31.2. The first-order chi connectivity index (χ1) is 17.5. The molecule has 0 N–H and O–H groups in total. The number of aromatic nitrogens is 1. The Morgan fingerprint density at radius 3 is 1.58 bits per heavy atom. The first-order valence-electron chi connectivity index (χ1n) is 12.2. The normalized spacial score (nSPS) is 14.1. The molecule has 36 heavy (non-hydrogen) atoms. The van der Waals surface area contributed by atoms with Gasteiger partial charge in [-0.3, -0.25) is 4.90 Å². The van der Waals surface area contributed by atoms with Gasteiger partial charge in [0.15, 0.2) is 7.14 Å². The van der Waals surface area contributed by atoms with Gasteiger partial charge in [-0.2, -0.15) is 0 Å². The van der Waals surface area contributed by atoms with Crippen LogP contribution in [0.3, 0.4) is 0 Å². The number of rotatable bonds is 4. The molecule has 1 aromatic heterocycles. The van der Waals surface area contributed by atoms with Crippen LogP contribution in [0.1, 0.15) is 25.0 Å². The molecule has 0 fully saturated rings. The third kappa shape index (κ3) is 3.43. The van der Waals surface area contributed by atoms with Crippen LogP contribution in [0.15, 0.2) is 127 Å². The van der Waals surface area contributed by atoms with Crippen LogP contribution in [0.4, 0.5) is 17.2 Å². The third-order valence-corrected chi connectivity index (χ3v) is 10.1. The molecule has 0 unspecified atom stereocenters. The lowest BCUT2D eigenvalue weighted by molar-refractivity contribution is 0.592. The lowest BCUT2D eigenvalue weighted by Gasteiger charge is -2.41. The number of pyridine rings is 1. The van der Waals surface area contributed by atoms with E-state index in [1.165, 1.54) is 11.1 Å². The van der Waals surface area contributed by atoms with E-state index in [2.05, 4.69) is 67.3 Å². The smallest absolute Gasteiger partial charge is 0.188 e. The fourth-order valence-corrected chi connectivity index (χ4v) is 7.87. The molecule has 0 spiro atoms. The molecule has 0 saturated carbocycles. The van der Waals surface area contributed by atoms with Gasteiger partial charge in [0, 0.05) is 16.0 Å². The van der Waals surface area contributed by atoms with Crippen molar-refractivity contribution in [3.8, 4) is 0 Å². The maximum Gasteiger partial charge on any atom is 0.188 e. The SMILES string of the molecule is CC1(C)c2ccccc2N(c2cccc(P(=O)(c3ccccc3)c3ccccc3)n2)c2ccccc21. The number of nitrogens with zero attached hydrogens (tertiary/aromatic N) is 2. The minimum atomic E-state index is -3.19. The zero-order valence-corrected chi connectivity index (χ0v) is 21.3. The molecule has 5 aromatic rings. The van der Waals surface area contributed by atoms with Crippen molar-refractivity contribution < 1.29 is 4.57 Å². The van der Waals surface area contributed by atoms with E-state index in [0.717, 1.165) is 27.8 Å². The summed E-state index contributed by atoms with van der Waals surface area (Å²) >= 11 is 0. The van der Waals surface area contributed by atoms with Crippen molar-refractivity contribution in [1.82, 2.24) is 4.98 Å². The van der Waals surface area contributed by atoms with Gasteiger partial charge < -0.3 is 4.57 Å². The Balaban J connectivity index is 1.59. The first-order valence-corrected chi connectivity index (χ1v) is 13.9. The maximum atomic E-state index is 15.0. The second kappa shape index (κ2) is 8.62. The lowest BCUT2D eigenvalue weighted by Crippen LogP contribution is -2.32. The van der Waals surface area contributed by atoms with Gasteiger partial charge >= 0.3 is 0 Å². The summed E-state index contributed by atoms with van der Waals surface area (Å²) in [5, 5.41) is 1.56. The summed E-state index contributed by atoms with van der Waals surface area (Å²) in [7, 11) is -3.19. The fourth-order valence-electron chi connectivity index (χ4n) is 5.32. The highest BCUT2D eigenvalue weighted by molar-refractivity contribution is 7.85. The molecule has 4 heteroatoms. The van der Waals surface area contributed by atoms with Crippen molar-refractivity contribution in [2.75, 3.05) is 4.90 Å². The lowest BCUT2D eigenvalue weighted by atomic mass is 9.73. The highest BCUT2D eigenvalue weighted by Gasteiger charge is 2.38. The second-order valence-electron chi connectivity index (χ2n) is 9.63. The maximum absolute atomic E-state index is 15.0. The summed E-state index contributed by atoms with van der Waals surface area (Å²) in [6.07, 6.45) is 0. The van der Waals surface area contributed by atoms with Crippen LogP contribution in [0.2, 0.25) is 0 Å². The Kier molecular flexibility index (Phi) is 5.39. The summed E-state index contributed by atoms with van der Waals surface area (Å²) in [6, 6.07) is 42.3. The Morgan fingerprint density at radius 1 is 0.583 bits per heavy atom. The molecule has 1 aliphatic heterocycles. The van der Waals surface area contributed by atoms with Crippen molar-refractivity contribution >= 4 is 40.4 Å². The Morgan fingerprint density at radius 2 is 1.06 bits per heavy atom. The molecule has 0 saturated heterocycles. The average Bonchev–Trinajstić information content (AvgIpc) is 2.94. The molecule has 4 aromatic carbocycles. The predicted molar refractivity (Wildman–Crippen MR) is 150 cm³/mol. The largest absolute Gasteiger partial charge is 0.307 e. The van der Waals surface area contributed by atoms with E-state index in [4.69, 9.17) is 4.98 Å². The van der Waals surface area contributed by atoms with Crippen LogP contribution in [-0.4, -0.2) is 4.98 Å². The molecule has 6 rings (SSSR count). The zero-order chi connectivity index (χ0) is 24.8. The molecule has 0 radical (unpaired) electrons. The Hall–Kier alpha value is -3.94. The van der Waals surface area contributed by atoms with E-state index in [9.17, 15) is 4.57 Å². The predicted octanol–water partition coefficient (Wildman–Crippen LogP) is 6.83. The molecule has 1 aliphatic rings. The molecular formula is C32H27N2OP. The van der Waals surface area contributed by atoms with E-state index in [1.54, 1.807) is 0 Å². The van der Waals surface area contributed by atoms with Crippen LogP contribution in [0, 0.1) is 0 Å². The number of para-hydroxylation sites is 2. The Labute approximate surface area is 212 Å².